The Morgan fingerprint density at radius 3 is 2.89 bits per heavy atom. The average Bonchev–Trinajstić information content (AvgIpc) is 2.85. The number of pyridine rings is 1. The molecule has 3 nitrogen and oxygen atoms in total. The van der Waals surface area contributed by atoms with Crippen molar-refractivity contribution in [2.75, 3.05) is 11.9 Å². The molecule has 2 aromatic heterocycles. The molecule has 0 saturated heterocycles. The summed E-state index contributed by atoms with van der Waals surface area (Å²) in [5.74, 6) is 0. The maximum absolute atomic E-state index is 6.15. The zero-order valence-electron chi connectivity index (χ0n) is 10.4. The van der Waals surface area contributed by atoms with Crippen LogP contribution in [0, 0.1) is 0 Å². The van der Waals surface area contributed by atoms with Crippen molar-refractivity contribution in [1.29, 1.82) is 0 Å². The summed E-state index contributed by atoms with van der Waals surface area (Å²) in [5.41, 5.74) is 2.04. The molecule has 5 heteroatoms. The van der Waals surface area contributed by atoms with Gasteiger partial charge in [0.1, 0.15) is 5.52 Å². The van der Waals surface area contributed by atoms with Crippen LogP contribution < -0.4 is 4.90 Å². The van der Waals surface area contributed by atoms with E-state index in [0.29, 0.717) is 5.02 Å². The van der Waals surface area contributed by atoms with Gasteiger partial charge in [-0.15, -0.1) is 0 Å². The fourth-order valence-electron chi connectivity index (χ4n) is 1.90. The Labute approximate surface area is 120 Å². The Morgan fingerprint density at radius 1 is 1.26 bits per heavy atom. The lowest BCUT2D eigenvalue weighted by molar-refractivity contribution is 0.910. The number of fused-ring (bicyclic) bond motifs is 1. The van der Waals surface area contributed by atoms with Gasteiger partial charge >= 0.3 is 0 Å². The number of hydrogen-bond donors (Lipinski definition) is 0. The molecule has 3 aromatic rings. The summed E-state index contributed by atoms with van der Waals surface area (Å²) >= 11 is 7.80. The second kappa shape index (κ2) is 5.15. The molecule has 0 aliphatic carbocycles. The first-order valence-electron chi connectivity index (χ1n) is 5.89. The Balaban J connectivity index is 1.89. The largest absolute Gasteiger partial charge is 0.347 e. The van der Waals surface area contributed by atoms with Gasteiger partial charge < -0.3 is 4.90 Å². The molecule has 0 saturated carbocycles. The molecule has 2 heterocycles. The van der Waals surface area contributed by atoms with E-state index in [1.165, 1.54) is 0 Å². The lowest BCUT2D eigenvalue weighted by atomic mass is 10.3. The standard InChI is InChI=1S/C14H12ClN3S/c1-18(9-10-4-3-7-16-8-10)14-17-13-11(15)5-2-6-12(13)19-14/h2-8H,9H2,1H3. The van der Waals surface area contributed by atoms with Crippen molar-refractivity contribution in [3.8, 4) is 0 Å². The fraction of sp³-hybridized carbons (Fsp3) is 0.143. The van der Waals surface area contributed by atoms with E-state index in [4.69, 9.17) is 11.6 Å². The van der Waals surface area contributed by atoms with Crippen molar-refractivity contribution < 1.29 is 0 Å². The summed E-state index contributed by atoms with van der Waals surface area (Å²) in [6.45, 7) is 0.783. The lowest BCUT2D eigenvalue weighted by Gasteiger charge is -2.14. The van der Waals surface area contributed by atoms with Gasteiger partial charge in [0.25, 0.3) is 0 Å². The van der Waals surface area contributed by atoms with E-state index in [0.717, 1.165) is 27.5 Å². The average molecular weight is 290 g/mol. The maximum Gasteiger partial charge on any atom is 0.186 e. The minimum atomic E-state index is 0.703. The fourth-order valence-corrected chi connectivity index (χ4v) is 3.13. The van der Waals surface area contributed by atoms with Gasteiger partial charge in [0.15, 0.2) is 5.13 Å². The SMILES string of the molecule is CN(Cc1cccnc1)c1nc2c(Cl)cccc2s1. The summed E-state index contributed by atoms with van der Waals surface area (Å²) in [7, 11) is 2.03. The molecule has 0 atom stereocenters. The van der Waals surface area contributed by atoms with Gasteiger partial charge in [-0.25, -0.2) is 4.98 Å². The van der Waals surface area contributed by atoms with Crippen molar-refractivity contribution in [3.63, 3.8) is 0 Å². The van der Waals surface area contributed by atoms with Gasteiger partial charge in [0.2, 0.25) is 0 Å². The van der Waals surface area contributed by atoms with E-state index < -0.39 is 0 Å². The predicted molar refractivity (Wildman–Crippen MR) is 81.0 cm³/mol. The van der Waals surface area contributed by atoms with Gasteiger partial charge in [-0.1, -0.05) is 35.1 Å². The van der Waals surface area contributed by atoms with Crippen molar-refractivity contribution in [1.82, 2.24) is 9.97 Å². The summed E-state index contributed by atoms with van der Waals surface area (Å²) in [6, 6.07) is 9.87. The van der Waals surface area contributed by atoms with Crippen molar-refractivity contribution in [2.24, 2.45) is 0 Å². The monoisotopic (exact) mass is 289 g/mol. The van der Waals surface area contributed by atoms with Crippen LogP contribution in [-0.2, 0) is 6.54 Å². The number of aromatic nitrogens is 2. The number of benzene rings is 1. The predicted octanol–water partition coefficient (Wildman–Crippen LogP) is 3.98. The molecular formula is C14H12ClN3S. The van der Waals surface area contributed by atoms with E-state index in [2.05, 4.69) is 20.9 Å². The van der Waals surface area contributed by atoms with Gasteiger partial charge in [-0.05, 0) is 23.8 Å². The van der Waals surface area contributed by atoms with Crippen LogP contribution >= 0.6 is 22.9 Å². The smallest absolute Gasteiger partial charge is 0.186 e. The van der Waals surface area contributed by atoms with E-state index >= 15 is 0 Å². The number of para-hydroxylation sites is 1. The molecule has 96 valence electrons. The molecular weight excluding hydrogens is 278 g/mol. The Kier molecular flexibility index (Phi) is 3.36. The highest BCUT2D eigenvalue weighted by Crippen LogP contribution is 2.32. The molecule has 0 N–H and O–H groups in total. The molecule has 0 aliphatic heterocycles. The van der Waals surface area contributed by atoms with E-state index in [-0.39, 0.29) is 0 Å². The van der Waals surface area contributed by atoms with Crippen molar-refractivity contribution in [2.45, 2.75) is 6.54 Å². The zero-order chi connectivity index (χ0) is 13.2. The first-order chi connectivity index (χ1) is 9.24. The van der Waals surface area contributed by atoms with E-state index in [1.54, 1.807) is 17.5 Å². The molecule has 0 radical (unpaired) electrons. The number of thiazole rings is 1. The number of anilines is 1. The second-order valence-corrected chi connectivity index (χ2v) is 5.72. The highest BCUT2D eigenvalue weighted by molar-refractivity contribution is 7.22. The summed E-state index contributed by atoms with van der Waals surface area (Å²) < 4.78 is 1.11. The lowest BCUT2D eigenvalue weighted by Crippen LogP contribution is -2.15. The van der Waals surface area contributed by atoms with Crippen LogP contribution in [0.2, 0.25) is 5.02 Å². The Morgan fingerprint density at radius 2 is 2.16 bits per heavy atom. The van der Waals surface area contributed by atoms with Crippen LogP contribution in [-0.4, -0.2) is 17.0 Å². The van der Waals surface area contributed by atoms with Crippen LogP contribution in [0.25, 0.3) is 10.2 Å². The van der Waals surface area contributed by atoms with Crippen LogP contribution in [0.5, 0.6) is 0 Å². The number of rotatable bonds is 3. The van der Waals surface area contributed by atoms with Crippen LogP contribution in [0.1, 0.15) is 5.56 Å². The Hall–Kier alpha value is -1.65. The topological polar surface area (TPSA) is 29.0 Å². The van der Waals surface area contributed by atoms with E-state index in [9.17, 15) is 0 Å². The Bertz CT molecular complexity index is 696. The van der Waals surface area contributed by atoms with Crippen LogP contribution in [0.3, 0.4) is 0 Å². The molecule has 19 heavy (non-hydrogen) atoms. The maximum atomic E-state index is 6.15. The quantitative estimate of drug-likeness (QED) is 0.730. The molecule has 0 aliphatic rings. The number of halogens is 1. The van der Waals surface area contributed by atoms with Crippen molar-refractivity contribution in [3.05, 3.63) is 53.3 Å². The minimum Gasteiger partial charge on any atom is -0.347 e. The number of hydrogen-bond acceptors (Lipinski definition) is 4. The second-order valence-electron chi connectivity index (χ2n) is 4.30. The van der Waals surface area contributed by atoms with Gasteiger partial charge in [0.05, 0.1) is 9.72 Å². The number of nitrogens with zero attached hydrogens (tertiary/aromatic N) is 3. The third-order valence-corrected chi connectivity index (χ3v) is 4.27. The highest BCUT2D eigenvalue weighted by Gasteiger charge is 2.10. The zero-order valence-corrected chi connectivity index (χ0v) is 11.9. The minimum absolute atomic E-state index is 0.703. The van der Waals surface area contributed by atoms with Gasteiger partial charge in [0, 0.05) is 26.0 Å². The molecule has 0 spiro atoms. The van der Waals surface area contributed by atoms with Crippen molar-refractivity contribution >= 4 is 38.3 Å². The molecule has 0 bridgehead atoms. The molecule has 0 unspecified atom stereocenters. The van der Waals surface area contributed by atoms with Gasteiger partial charge in [-0.2, -0.15) is 0 Å². The summed E-state index contributed by atoms with van der Waals surface area (Å²) in [6.07, 6.45) is 3.65. The van der Waals surface area contributed by atoms with Crippen LogP contribution in [0.15, 0.2) is 42.7 Å². The molecule has 1 aromatic carbocycles. The molecule has 0 amide bonds. The first kappa shape index (κ1) is 12.4. The van der Waals surface area contributed by atoms with Gasteiger partial charge in [-0.3, -0.25) is 4.98 Å². The summed E-state index contributed by atoms with van der Waals surface area (Å²) in [4.78, 5) is 10.8. The molecule has 3 rings (SSSR count). The highest BCUT2D eigenvalue weighted by atomic mass is 35.5. The molecule has 0 fully saturated rings. The van der Waals surface area contributed by atoms with E-state index in [1.807, 2.05) is 37.5 Å². The summed E-state index contributed by atoms with van der Waals surface area (Å²) in [5, 5.41) is 1.67. The third kappa shape index (κ3) is 2.55. The normalized spacial score (nSPS) is 10.8. The first-order valence-corrected chi connectivity index (χ1v) is 7.08. The third-order valence-electron chi connectivity index (χ3n) is 2.83. The van der Waals surface area contributed by atoms with Crippen LogP contribution in [0.4, 0.5) is 5.13 Å².